The van der Waals surface area contributed by atoms with E-state index in [9.17, 15) is 24.5 Å². The van der Waals surface area contributed by atoms with Gasteiger partial charge in [0.15, 0.2) is 0 Å². The number of nitro benzene ring substituents is 1. The average molecular weight is 367 g/mol. The predicted octanol–water partition coefficient (Wildman–Crippen LogP) is 1.11. The van der Waals surface area contributed by atoms with Crippen molar-refractivity contribution < 1.29 is 24.4 Å². The number of carboxylic acids is 1. The number of likely N-dealkylation sites (tertiary alicyclic amines) is 1. The van der Waals surface area contributed by atoms with Crippen molar-refractivity contribution in [3.63, 3.8) is 0 Å². The van der Waals surface area contributed by atoms with Crippen molar-refractivity contribution in [3.8, 4) is 0 Å². The Labute approximate surface area is 147 Å². The number of nitrogens with two attached hydrogens (primary N) is 1. The van der Waals surface area contributed by atoms with E-state index in [1.807, 2.05) is 0 Å². The third-order valence-electron chi connectivity index (χ3n) is 3.99. The minimum Gasteiger partial charge on any atom is -0.481 e. The second-order valence-corrected chi connectivity index (χ2v) is 6.60. The van der Waals surface area contributed by atoms with Crippen molar-refractivity contribution in [2.24, 2.45) is 11.7 Å². The van der Waals surface area contributed by atoms with Crippen LogP contribution in [0.3, 0.4) is 0 Å². The van der Waals surface area contributed by atoms with Crippen LogP contribution in [-0.2, 0) is 9.59 Å². The molecule has 1 aliphatic heterocycles. The highest BCUT2D eigenvalue weighted by Crippen LogP contribution is 2.30. The second-order valence-electron chi connectivity index (χ2n) is 5.59. The van der Waals surface area contributed by atoms with Crippen LogP contribution in [-0.4, -0.2) is 51.6 Å². The van der Waals surface area contributed by atoms with Crippen molar-refractivity contribution in [1.29, 1.82) is 0 Å². The van der Waals surface area contributed by atoms with Crippen LogP contribution in [0.1, 0.15) is 23.2 Å². The molecule has 25 heavy (non-hydrogen) atoms. The molecule has 1 aromatic carbocycles. The van der Waals surface area contributed by atoms with E-state index in [0.717, 1.165) is 17.8 Å². The highest BCUT2D eigenvalue weighted by Gasteiger charge is 2.27. The molecular weight excluding hydrogens is 350 g/mol. The first-order valence-electron chi connectivity index (χ1n) is 7.51. The fraction of sp³-hybridized carbons (Fsp3) is 0.400. The van der Waals surface area contributed by atoms with Gasteiger partial charge in [-0.3, -0.25) is 24.5 Å². The Kier molecular flexibility index (Phi) is 5.97. The summed E-state index contributed by atoms with van der Waals surface area (Å²) in [4.78, 5) is 46.6. The molecule has 1 heterocycles. The normalized spacial score (nSPS) is 15.0. The molecule has 0 unspecified atom stereocenters. The minimum atomic E-state index is -0.855. The number of nitrogens with zero attached hydrogens (tertiary/aromatic N) is 2. The summed E-state index contributed by atoms with van der Waals surface area (Å²) >= 11 is 1.00. The zero-order valence-electron chi connectivity index (χ0n) is 13.2. The molecule has 0 aromatic heterocycles. The molecule has 9 nitrogen and oxygen atoms in total. The van der Waals surface area contributed by atoms with Crippen LogP contribution in [0.4, 0.5) is 5.69 Å². The number of carbonyl (C=O) groups is 3. The molecule has 0 atom stereocenters. The van der Waals surface area contributed by atoms with Gasteiger partial charge in [-0.15, -0.1) is 11.8 Å². The molecule has 1 saturated heterocycles. The van der Waals surface area contributed by atoms with Gasteiger partial charge >= 0.3 is 5.97 Å². The maximum absolute atomic E-state index is 12.2. The van der Waals surface area contributed by atoms with E-state index < -0.39 is 22.7 Å². The molecular formula is C15H17N3O6S. The number of thioether (sulfide) groups is 1. The van der Waals surface area contributed by atoms with E-state index in [1.165, 1.54) is 12.1 Å². The highest BCUT2D eigenvalue weighted by molar-refractivity contribution is 8.00. The number of hydrogen-bond acceptors (Lipinski definition) is 6. The van der Waals surface area contributed by atoms with Crippen molar-refractivity contribution in [2.75, 3.05) is 18.8 Å². The third kappa shape index (κ3) is 4.69. The van der Waals surface area contributed by atoms with E-state index in [2.05, 4.69) is 0 Å². The molecule has 1 aliphatic rings. The van der Waals surface area contributed by atoms with E-state index >= 15 is 0 Å². The fourth-order valence-electron chi connectivity index (χ4n) is 2.54. The summed E-state index contributed by atoms with van der Waals surface area (Å²) in [6.45, 7) is 0.720. The number of carboxylic acid groups (broad SMARTS) is 1. The first kappa shape index (κ1) is 18.7. The van der Waals surface area contributed by atoms with Gasteiger partial charge in [-0.05, 0) is 25.0 Å². The number of benzene rings is 1. The van der Waals surface area contributed by atoms with Gasteiger partial charge in [0, 0.05) is 24.7 Å². The molecule has 0 bridgehead atoms. The highest BCUT2D eigenvalue weighted by atomic mass is 32.2. The largest absolute Gasteiger partial charge is 0.481 e. The van der Waals surface area contributed by atoms with Crippen LogP contribution in [0.5, 0.6) is 0 Å². The molecule has 1 fully saturated rings. The second kappa shape index (κ2) is 7.97. The zero-order chi connectivity index (χ0) is 18.6. The number of primary amides is 1. The number of piperidine rings is 1. The average Bonchev–Trinajstić information content (AvgIpc) is 2.59. The SMILES string of the molecule is NC(=O)c1ccc(SCC(=O)N2CCC(C(=O)O)CC2)c([N+](=O)[O-])c1. The maximum atomic E-state index is 12.2. The lowest BCUT2D eigenvalue weighted by Crippen LogP contribution is -2.41. The number of rotatable bonds is 6. The Bertz CT molecular complexity index is 715. The summed E-state index contributed by atoms with van der Waals surface area (Å²) in [5, 5.41) is 20.1. The van der Waals surface area contributed by atoms with Crippen molar-refractivity contribution in [3.05, 3.63) is 33.9 Å². The van der Waals surface area contributed by atoms with Crippen molar-refractivity contribution in [1.82, 2.24) is 4.90 Å². The van der Waals surface area contributed by atoms with Gasteiger partial charge in [0.1, 0.15) is 0 Å². The molecule has 0 aliphatic carbocycles. The molecule has 0 saturated carbocycles. The molecule has 134 valence electrons. The van der Waals surface area contributed by atoms with Crippen LogP contribution >= 0.6 is 11.8 Å². The quantitative estimate of drug-likeness (QED) is 0.435. The number of aliphatic carboxylic acids is 1. The monoisotopic (exact) mass is 367 g/mol. The standard InChI is InChI=1S/C15H17N3O6S/c16-14(20)10-1-2-12(11(7-10)18(23)24)25-8-13(19)17-5-3-9(4-6-17)15(21)22/h1-2,7,9H,3-6,8H2,(H2,16,20)(H,21,22). The molecule has 0 radical (unpaired) electrons. The van der Waals surface area contributed by atoms with Crippen LogP contribution < -0.4 is 5.73 Å². The van der Waals surface area contributed by atoms with E-state index in [4.69, 9.17) is 10.8 Å². The summed E-state index contributed by atoms with van der Waals surface area (Å²) in [7, 11) is 0. The van der Waals surface area contributed by atoms with Gasteiger partial charge in [0.2, 0.25) is 11.8 Å². The summed E-state index contributed by atoms with van der Waals surface area (Å²) in [6.07, 6.45) is 0.804. The molecule has 0 spiro atoms. The lowest BCUT2D eigenvalue weighted by molar-refractivity contribution is -0.387. The lowest BCUT2D eigenvalue weighted by Gasteiger charge is -2.30. The molecule has 2 amide bonds. The van der Waals surface area contributed by atoms with E-state index in [-0.39, 0.29) is 27.8 Å². The first-order valence-corrected chi connectivity index (χ1v) is 8.49. The topological polar surface area (TPSA) is 144 Å². The van der Waals surface area contributed by atoms with Crippen LogP contribution in [0.25, 0.3) is 0 Å². The van der Waals surface area contributed by atoms with Crippen LogP contribution in [0.15, 0.2) is 23.1 Å². The van der Waals surface area contributed by atoms with Gasteiger partial charge in [0.25, 0.3) is 5.69 Å². The predicted molar refractivity (Wildman–Crippen MR) is 89.3 cm³/mol. The van der Waals surface area contributed by atoms with Gasteiger partial charge in [-0.1, -0.05) is 0 Å². The smallest absolute Gasteiger partial charge is 0.306 e. The molecule has 3 N–H and O–H groups in total. The minimum absolute atomic E-state index is 0.00546. The number of hydrogen-bond donors (Lipinski definition) is 2. The summed E-state index contributed by atoms with van der Waals surface area (Å²) < 4.78 is 0. The Morgan fingerprint density at radius 2 is 1.96 bits per heavy atom. The van der Waals surface area contributed by atoms with Gasteiger partial charge in [-0.25, -0.2) is 0 Å². The van der Waals surface area contributed by atoms with Crippen LogP contribution in [0.2, 0.25) is 0 Å². The lowest BCUT2D eigenvalue weighted by atomic mass is 9.97. The maximum Gasteiger partial charge on any atom is 0.306 e. The van der Waals surface area contributed by atoms with Crippen molar-refractivity contribution in [2.45, 2.75) is 17.7 Å². The number of carbonyl (C=O) groups excluding carboxylic acids is 2. The first-order chi connectivity index (χ1) is 11.8. The summed E-state index contributed by atoms with van der Waals surface area (Å²) in [5.74, 6) is -2.26. The zero-order valence-corrected chi connectivity index (χ0v) is 14.0. The third-order valence-corrected chi connectivity index (χ3v) is 5.04. The molecule has 2 rings (SSSR count). The van der Waals surface area contributed by atoms with E-state index in [1.54, 1.807) is 4.90 Å². The van der Waals surface area contributed by atoms with Gasteiger partial charge in [0.05, 0.1) is 21.5 Å². The van der Waals surface area contributed by atoms with Gasteiger partial charge < -0.3 is 15.7 Å². The van der Waals surface area contributed by atoms with Crippen molar-refractivity contribution >= 4 is 35.2 Å². The molecule has 10 heteroatoms. The number of nitro groups is 1. The van der Waals surface area contributed by atoms with E-state index in [0.29, 0.717) is 25.9 Å². The van der Waals surface area contributed by atoms with Crippen LogP contribution in [0, 0.1) is 16.0 Å². The Morgan fingerprint density at radius 3 is 2.48 bits per heavy atom. The Morgan fingerprint density at radius 1 is 1.32 bits per heavy atom. The van der Waals surface area contributed by atoms with Gasteiger partial charge in [-0.2, -0.15) is 0 Å². The molecule has 1 aromatic rings. The summed E-state index contributed by atoms with van der Waals surface area (Å²) in [6, 6.07) is 3.86. The summed E-state index contributed by atoms with van der Waals surface area (Å²) in [5.41, 5.74) is 4.86. The Balaban J connectivity index is 1.99. The Hall–Kier alpha value is -2.62. The fourth-order valence-corrected chi connectivity index (χ4v) is 3.45. The number of amides is 2.